The van der Waals surface area contributed by atoms with Gasteiger partial charge in [-0.15, -0.1) is 0 Å². The number of nitrogens with zero attached hydrogens (tertiary/aromatic N) is 3. The molecule has 0 spiro atoms. The number of carboxylic acids is 1. The van der Waals surface area contributed by atoms with E-state index < -0.39 is 47.0 Å². The number of fused-ring (bicyclic) bond motifs is 1. The molecular formula is C22H23F2N3O5S. The number of carboxylic acid groups (broad SMARTS) is 1. The molecule has 2 atom stereocenters. The third kappa shape index (κ3) is 4.55. The standard InChI is InChI=1S/C22H23F2N3O5S/c1-13(2)32-15-4-6-16(7-5-15)33(30,31)26-11-18(24)21(12-26)27-20-9-14(23)3-8-17(20)19(25-27)10-22(28)29/h3-9,13,18,21H,10-12H2,1-2H3,(H,28,29)/t18?,21-/m0/s1. The summed E-state index contributed by atoms with van der Waals surface area (Å²) in [6, 6.07) is 8.55. The molecule has 0 aliphatic carbocycles. The third-order valence-corrected chi connectivity index (χ3v) is 7.24. The lowest BCUT2D eigenvalue weighted by molar-refractivity contribution is -0.136. The number of alkyl halides is 1. The topological polar surface area (TPSA) is 102 Å². The molecule has 2 aromatic carbocycles. The van der Waals surface area contributed by atoms with Crippen molar-refractivity contribution in [3.8, 4) is 5.75 Å². The molecule has 33 heavy (non-hydrogen) atoms. The van der Waals surface area contributed by atoms with Gasteiger partial charge in [-0.1, -0.05) is 0 Å². The van der Waals surface area contributed by atoms with Gasteiger partial charge in [0.2, 0.25) is 10.0 Å². The molecule has 1 unspecified atom stereocenters. The van der Waals surface area contributed by atoms with Crippen molar-refractivity contribution in [3.63, 3.8) is 0 Å². The number of ether oxygens (including phenoxy) is 1. The van der Waals surface area contributed by atoms with Crippen LogP contribution in [-0.4, -0.2) is 58.9 Å². The number of benzene rings is 2. The highest BCUT2D eigenvalue weighted by molar-refractivity contribution is 7.89. The van der Waals surface area contributed by atoms with Crippen molar-refractivity contribution in [2.24, 2.45) is 0 Å². The summed E-state index contributed by atoms with van der Waals surface area (Å²) in [4.78, 5) is 11.2. The van der Waals surface area contributed by atoms with E-state index in [0.29, 0.717) is 11.1 Å². The molecule has 0 saturated carbocycles. The van der Waals surface area contributed by atoms with Crippen LogP contribution in [0.4, 0.5) is 8.78 Å². The SMILES string of the molecule is CC(C)Oc1ccc(S(=O)(=O)N2CC(F)[C@@H](n3nc(CC(=O)O)c4ccc(F)cc43)C2)cc1. The van der Waals surface area contributed by atoms with E-state index >= 15 is 4.39 Å². The highest BCUT2D eigenvalue weighted by Gasteiger charge is 2.42. The summed E-state index contributed by atoms with van der Waals surface area (Å²) in [5.74, 6) is -1.21. The van der Waals surface area contributed by atoms with Crippen LogP contribution in [0, 0.1) is 5.82 Å². The maximum Gasteiger partial charge on any atom is 0.309 e. The Balaban J connectivity index is 1.64. The molecule has 11 heteroatoms. The smallest absolute Gasteiger partial charge is 0.309 e. The zero-order chi connectivity index (χ0) is 23.9. The average molecular weight is 480 g/mol. The van der Waals surface area contributed by atoms with Gasteiger partial charge in [-0.25, -0.2) is 17.2 Å². The van der Waals surface area contributed by atoms with E-state index in [9.17, 15) is 17.6 Å². The fourth-order valence-electron chi connectivity index (χ4n) is 3.95. The Labute approximate surface area is 189 Å². The van der Waals surface area contributed by atoms with Gasteiger partial charge in [0, 0.05) is 18.5 Å². The zero-order valence-corrected chi connectivity index (χ0v) is 18.8. The van der Waals surface area contributed by atoms with E-state index in [4.69, 9.17) is 9.84 Å². The number of carbonyl (C=O) groups is 1. The predicted molar refractivity (Wildman–Crippen MR) is 116 cm³/mol. The van der Waals surface area contributed by atoms with Crippen LogP contribution in [0.15, 0.2) is 47.4 Å². The van der Waals surface area contributed by atoms with Gasteiger partial charge < -0.3 is 9.84 Å². The molecule has 0 amide bonds. The Bertz CT molecular complexity index is 1290. The number of halogens is 2. The minimum atomic E-state index is -4.00. The number of sulfonamides is 1. The van der Waals surface area contributed by atoms with Crippen LogP contribution in [-0.2, 0) is 21.2 Å². The zero-order valence-electron chi connectivity index (χ0n) is 18.0. The fraction of sp³-hybridized carbons (Fsp3) is 0.364. The second-order valence-corrected chi connectivity index (χ2v) is 10.1. The first kappa shape index (κ1) is 23.1. The summed E-state index contributed by atoms with van der Waals surface area (Å²) in [5.41, 5.74) is 0.375. The summed E-state index contributed by atoms with van der Waals surface area (Å²) in [6.45, 7) is 3.07. The molecule has 2 heterocycles. The van der Waals surface area contributed by atoms with Crippen LogP contribution in [0.5, 0.6) is 5.75 Å². The molecule has 1 fully saturated rings. The maximum atomic E-state index is 15.1. The Hall–Kier alpha value is -3.05. The lowest BCUT2D eigenvalue weighted by Crippen LogP contribution is -2.29. The molecule has 4 rings (SSSR count). The van der Waals surface area contributed by atoms with Crippen LogP contribution >= 0.6 is 0 Å². The van der Waals surface area contributed by atoms with Crippen LogP contribution < -0.4 is 4.74 Å². The van der Waals surface area contributed by atoms with Gasteiger partial charge in [0.1, 0.15) is 17.7 Å². The molecular weight excluding hydrogens is 456 g/mol. The molecule has 1 saturated heterocycles. The number of rotatable bonds is 7. The molecule has 176 valence electrons. The van der Waals surface area contributed by atoms with Crippen molar-refractivity contribution >= 4 is 26.9 Å². The van der Waals surface area contributed by atoms with E-state index in [0.717, 1.165) is 10.4 Å². The van der Waals surface area contributed by atoms with Crippen LogP contribution in [0.3, 0.4) is 0 Å². The molecule has 1 aliphatic heterocycles. The number of aliphatic carboxylic acids is 1. The van der Waals surface area contributed by atoms with Gasteiger partial charge in [0.25, 0.3) is 0 Å². The van der Waals surface area contributed by atoms with Gasteiger partial charge >= 0.3 is 5.97 Å². The number of hydrogen-bond donors (Lipinski definition) is 1. The highest BCUT2D eigenvalue weighted by Crippen LogP contribution is 2.33. The Morgan fingerprint density at radius 2 is 1.91 bits per heavy atom. The van der Waals surface area contributed by atoms with Crippen molar-refractivity contribution in [2.75, 3.05) is 13.1 Å². The Kier molecular flexibility index (Phi) is 6.10. The van der Waals surface area contributed by atoms with Crippen LogP contribution in [0.2, 0.25) is 0 Å². The van der Waals surface area contributed by atoms with Crippen LogP contribution in [0.1, 0.15) is 25.6 Å². The summed E-state index contributed by atoms with van der Waals surface area (Å²) < 4.78 is 63.0. The van der Waals surface area contributed by atoms with E-state index in [-0.39, 0.29) is 28.8 Å². The summed E-state index contributed by atoms with van der Waals surface area (Å²) in [7, 11) is -4.00. The minimum Gasteiger partial charge on any atom is -0.491 e. The monoisotopic (exact) mass is 479 g/mol. The number of aromatic nitrogens is 2. The second kappa shape index (κ2) is 8.71. The van der Waals surface area contributed by atoms with Crippen LogP contribution in [0.25, 0.3) is 10.9 Å². The van der Waals surface area contributed by atoms with Crippen molar-refractivity contribution in [3.05, 3.63) is 54.0 Å². The lowest BCUT2D eigenvalue weighted by atomic mass is 10.1. The van der Waals surface area contributed by atoms with E-state index in [1.165, 1.54) is 41.1 Å². The van der Waals surface area contributed by atoms with Crippen molar-refractivity contribution in [2.45, 2.75) is 43.5 Å². The van der Waals surface area contributed by atoms with Gasteiger partial charge in [0.05, 0.1) is 34.7 Å². The second-order valence-electron chi connectivity index (χ2n) is 8.17. The van der Waals surface area contributed by atoms with E-state index in [1.807, 2.05) is 13.8 Å². The molecule has 1 N–H and O–H groups in total. The predicted octanol–water partition coefficient (Wildman–Crippen LogP) is 3.17. The fourth-order valence-corrected chi connectivity index (χ4v) is 5.42. The highest BCUT2D eigenvalue weighted by atomic mass is 32.2. The Morgan fingerprint density at radius 1 is 1.21 bits per heavy atom. The summed E-state index contributed by atoms with van der Waals surface area (Å²) in [5, 5.41) is 13.8. The van der Waals surface area contributed by atoms with Crippen molar-refractivity contribution in [1.82, 2.24) is 14.1 Å². The first-order chi connectivity index (χ1) is 15.6. The van der Waals surface area contributed by atoms with Gasteiger partial charge in [0.15, 0.2) is 0 Å². The average Bonchev–Trinajstić information content (AvgIpc) is 3.28. The van der Waals surface area contributed by atoms with Crippen molar-refractivity contribution in [1.29, 1.82) is 0 Å². The quantitative estimate of drug-likeness (QED) is 0.559. The minimum absolute atomic E-state index is 0.00519. The Morgan fingerprint density at radius 3 is 2.55 bits per heavy atom. The summed E-state index contributed by atoms with van der Waals surface area (Å²) in [6.07, 6.45) is -2.11. The van der Waals surface area contributed by atoms with Gasteiger partial charge in [-0.05, 0) is 56.3 Å². The normalized spacial score (nSPS) is 19.4. The molecule has 0 radical (unpaired) electrons. The largest absolute Gasteiger partial charge is 0.491 e. The van der Waals surface area contributed by atoms with Gasteiger partial charge in [-0.2, -0.15) is 9.40 Å². The molecule has 0 bridgehead atoms. The number of hydrogen-bond acceptors (Lipinski definition) is 5. The molecule has 8 nitrogen and oxygen atoms in total. The lowest BCUT2D eigenvalue weighted by Gasteiger charge is -2.17. The third-order valence-electron chi connectivity index (χ3n) is 5.40. The maximum absolute atomic E-state index is 15.1. The summed E-state index contributed by atoms with van der Waals surface area (Å²) >= 11 is 0. The van der Waals surface area contributed by atoms with E-state index in [2.05, 4.69) is 5.10 Å². The molecule has 1 aromatic heterocycles. The van der Waals surface area contributed by atoms with Crippen molar-refractivity contribution < 1.29 is 31.8 Å². The van der Waals surface area contributed by atoms with E-state index in [1.54, 1.807) is 0 Å². The first-order valence-electron chi connectivity index (χ1n) is 10.4. The molecule has 1 aliphatic rings. The first-order valence-corrected chi connectivity index (χ1v) is 11.8. The molecule has 3 aromatic rings. The van der Waals surface area contributed by atoms with Gasteiger partial charge in [-0.3, -0.25) is 9.48 Å².